The lowest BCUT2D eigenvalue weighted by atomic mass is 10.1. The van der Waals surface area contributed by atoms with Crippen LogP contribution in [0.1, 0.15) is 28.8 Å². The predicted octanol–water partition coefficient (Wildman–Crippen LogP) is 1.58. The molecule has 2 aliphatic rings. The molecule has 4 heteroatoms. The van der Waals surface area contributed by atoms with Gasteiger partial charge in [0.1, 0.15) is 0 Å². The van der Waals surface area contributed by atoms with Gasteiger partial charge in [-0.25, -0.2) is 0 Å². The fraction of sp³-hybridized carbons (Fsp3) is 0.500. The number of rotatable bonds is 1. The van der Waals surface area contributed by atoms with Gasteiger partial charge in [-0.15, -0.1) is 0 Å². The second-order valence-corrected chi connectivity index (χ2v) is 5.26. The van der Waals surface area contributed by atoms with Gasteiger partial charge in [-0.2, -0.15) is 0 Å². The Bertz CT molecular complexity index is 475. The van der Waals surface area contributed by atoms with Crippen molar-refractivity contribution < 1.29 is 9.53 Å². The third-order valence-corrected chi connectivity index (χ3v) is 3.77. The molecule has 2 N–H and O–H groups in total. The average molecular weight is 246 g/mol. The van der Waals surface area contributed by atoms with E-state index in [4.69, 9.17) is 10.5 Å². The smallest absolute Gasteiger partial charge is 0.256 e. The molecular formula is C14H18N2O2. The van der Waals surface area contributed by atoms with E-state index in [0.717, 1.165) is 18.4 Å². The van der Waals surface area contributed by atoms with Gasteiger partial charge in [-0.1, -0.05) is 6.07 Å². The number of likely N-dealkylation sites (tertiary alicyclic amines) is 1. The van der Waals surface area contributed by atoms with Gasteiger partial charge in [0.25, 0.3) is 5.91 Å². The molecule has 0 saturated carbocycles. The van der Waals surface area contributed by atoms with Gasteiger partial charge in [0.15, 0.2) is 0 Å². The molecule has 1 amide bonds. The van der Waals surface area contributed by atoms with E-state index >= 15 is 0 Å². The van der Waals surface area contributed by atoms with E-state index in [0.29, 0.717) is 24.3 Å². The highest BCUT2D eigenvalue weighted by atomic mass is 16.5. The number of morpholine rings is 1. The van der Waals surface area contributed by atoms with Crippen molar-refractivity contribution >= 4 is 11.6 Å². The molecule has 2 atom stereocenters. The third-order valence-electron chi connectivity index (χ3n) is 3.77. The number of hydrogen-bond donors (Lipinski definition) is 1. The van der Waals surface area contributed by atoms with Crippen LogP contribution in [0, 0.1) is 6.92 Å². The van der Waals surface area contributed by atoms with E-state index in [1.807, 2.05) is 30.0 Å². The van der Waals surface area contributed by atoms with Crippen LogP contribution in [-0.2, 0) is 4.74 Å². The lowest BCUT2D eigenvalue weighted by Crippen LogP contribution is -2.46. The number of carbonyl (C=O) groups excluding carboxylic acids is 1. The van der Waals surface area contributed by atoms with Crippen molar-refractivity contribution in [1.29, 1.82) is 0 Å². The summed E-state index contributed by atoms with van der Waals surface area (Å²) in [4.78, 5) is 14.3. The van der Waals surface area contributed by atoms with Crippen LogP contribution >= 0.6 is 0 Å². The number of nitrogens with zero attached hydrogens (tertiary/aromatic N) is 1. The number of hydrogen-bond acceptors (Lipinski definition) is 3. The molecule has 2 unspecified atom stereocenters. The minimum Gasteiger partial charge on any atom is -0.398 e. The molecule has 0 aliphatic carbocycles. The summed E-state index contributed by atoms with van der Waals surface area (Å²) in [6.07, 6.45) is 2.58. The largest absolute Gasteiger partial charge is 0.398 e. The number of aryl methyl sites for hydroxylation is 1. The minimum absolute atomic E-state index is 0.0349. The number of carbonyl (C=O) groups is 1. The molecule has 1 aromatic carbocycles. The quantitative estimate of drug-likeness (QED) is 0.765. The molecule has 0 radical (unpaired) electrons. The van der Waals surface area contributed by atoms with Gasteiger partial charge in [0.05, 0.1) is 17.8 Å². The van der Waals surface area contributed by atoms with E-state index in [1.54, 1.807) is 0 Å². The highest BCUT2D eigenvalue weighted by molar-refractivity contribution is 5.99. The zero-order valence-electron chi connectivity index (χ0n) is 10.6. The molecule has 2 heterocycles. The number of amides is 1. The molecule has 0 aromatic heterocycles. The molecular weight excluding hydrogens is 228 g/mol. The normalized spacial score (nSPS) is 26.4. The molecule has 2 aliphatic heterocycles. The zero-order chi connectivity index (χ0) is 12.7. The Hall–Kier alpha value is -1.55. The summed E-state index contributed by atoms with van der Waals surface area (Å²) in [6.45, 7) is 3.37. The number of nitrogens with two attached hydrogens (primary N) is 1. The Labute approximate surface area is 107 Å². The van der Waals surface area contributed by atoms with Gasteiger partial charge in [0.2, 0.25) is 0 Å². The Morgan fingerprint density at radius 1 is 1.33 bits per heavy atom. The Kier molecular flexibility index (Phi) is 2.74. The maximum absolute atomic E-state index is 12.4. The minimum atomic E-state index is 0.0349. The summed E-state index contributed by atoms with van der Waals surface area (Å²) in [5.74, 6) is 0.0349. The van der Waals surface area contributed by atoms with Gasteiger partial charge in [0, 0.05) is 18.8 Å². The molecule has 2 saturated heterocycles. The van der Waals surface area contributed by atoms with Gasteiger partial charge < -0.3 is 15.4 Å². The fourth-order valence-electron chi connectivity index (χ4n) is 2.83. The Morgan fingerprint density at radius 3 is 2.61 bits per heavy atom. The number of fused-ring (bicyclic) bond motifs is 2. The van der Waals surface area contributed by atoms with E-state index in [9.17, 15) is 4.79 Å². The van der Waals surface area contributed by atoms with Crippen LogP contribution in [0.5, 0.6) is 0 Å². The van der Waals surface area contributed by atoms with Crippen LogP contribution in [0.4, 0.5) is 5.69 Å². The van der Waals surface area contributed by atoms with Crippen LogP contribution in [0.3, 0.4) is 0 Å². The summed E-state index contributed by atoms with van der Waals surface area (Å²) in [5.41, 5.74) is 8.19. The molecule has 1 aromatic rings. The Morgan fingerprint density at radius 2 is 2.00 bits per heavy atom. The van der Waals surface area contributed by atoms with Crippen LogP contribution < -0.4 is 5.73 Å². The summed E-state index contributed by atoms with van der Waals surface area (Å²) < 4.78 is 5.74. The number of anilines is 1. The molecule has 2 bridgehead atoms. The standard InChI is InChI=1S/C14H18N2O2/c1-9-2-5-12(13(15)6-9)14(17)16-7-10-3-4-11(8-16)18-10/h2,5-6,10-11H,3-4,7-8,15H2,1H3. The van der Waals surface area contributed by atoms with E-state index in [1.165, 1.54) is 0 Å². The summed E-state index contributed by atoms with van der Waals surface area (Å²) >= 11 is 0. The summed E-state index contributed by atoms with van der Waals surface area (Å²) in [6, 6.07) is 5.60. The second kappa shape index (κ2) is 4.28. The van der Waals surface area contributed by atoms with Crippen molar-refractivity contribution in [2.45, 2.75) is 32.0 Å². The van der Waals surface area contributed by atoms with Crippen molar-refractivity contribution in [1.82, 2.24) is 4.90 Å². The van der Waals surface area contributed by atoms with E-state index < -0.39 is 0 Å². The van der Waals surface area contributed by atoms with Crippen molar-refractivity contribution in [3.63, 3.8) is 0 Å². The molecule has 3 rings (SSSR count). The summed E-state index contributed by atoms with van der Waals surface area (Å²) in [7, 11) is 0. The SMILES string of the molecule is Cc1ccc(C(=O)N2CC3CCC(C2)O3)c(N)c1. The van der Waals surface area contributed by atoms with Crippen molar-refractivity contribution in [3.8, 4) is 0 Å². The van der Waals surface area contributed by atoms with Gasteiger partial charge >= 0.3 is 0 Å². The lowest BCUT2D eigenvalue weighted by Gasteiger charge is -2.32. The second-order valence-electron chi connectivity index (χ2n) is 5.26. The van der Waals surface area contributed by atoms with Gasteiger partial charge in [-0.3, -0.25) is 4.79 Å². The highest BCUT2D eigenvalue weighted by Gasteiger charge is 2.36. The first-order valence-electron chi connectivity index (χ1n) is 6.44. The average Bonchev–Trinajstić information content (AvgIpc) is 2.67. The predicted molar refractivity (Wildman–Crippen MR) is 69.4 cm³/mol. The molecule has 18 heavy (non-hydrogen) atoms. The topological polar surface area (TPSA) is 55.6 Å². The molecule has 2 fully saturated rings. The fourth-order valence-corrected chi connectivity index (χ4v) is 2.83. The number of nitrogen functional groups attached to an aromatic ring is 1. The van der Waals surface area contributed by atoms with Crippen molar-refractivity contribution in [3.05, 3.63) is 29.3 Å². The van der Waals surface area contributed by atoms with Crippen LogP contribution in [-0.4, -0.2) is 36.1 Å². The molecule has 0 spiro atoms. The van der Waals surface area contributed by atoms with Crippen LogP contribution in [0.2, 0.25) is 0 Å². The van der Waals surface area contributed by atoms with Crippen LogP contribution in [0.25, 0.3) is 0 Å². The van der Waals surface area contributed by atoms with Crippen LogP contribution in [0.15, 0.2) is 18.2 Å². The number of benzene rings is 1. The number of ether oxygens (including phenoxy) is 1. The zero-order valence-corrected chi connectivity index (χ0v) is 10.6. The van der Waals surface area contributed by atoms with E-state index in [-0.39, 0.29) is 18.1 Å². The maximum Gasteiger partial charge on any atom is 0.256 e. The first-order chi connectivity index (χ1) is 8.63. The first-order valence-corrected chi connectivity index (χ1v) is 6.44. The van der Waals surface area contributed by atoms with E-state index in [2.05, 4.69) is 0 Å². The maximum atomic E-state index is 12.4. The highest BCUT2D eigenvalue weighted by Crippen LogP contribution is 2.28. The first kappa shape index (κ1) is 11.5. The van der Waals surface area contributed by atoms with Crippen molar-refractivity contribution in [2.75, 3.05) is 18.8 Å². The molecule has 4 nitrogen and oxygen atoms in total. The lowest BCUT2D eigenvalue weighted by molar-refractivity contribution is -0.0303. The third kappa shape index (κ3) is 1.97. The Balaban J connectivity index is 1.82. The summed E-state index contributed by atoms with van der Waals surface area (Å²) in [5, 5.41) is 0. The van der Waals surface area contributed by atoms with Crippen molar-refractivity contribution in [2.24, 2.45) is 0 Å². The molecule has 96 valence electrons. The van der Waals surface area contributed by atoms with Gasteiger partial charge in [-0.05, 0) is 37.5 Å². The monoisotopic (exact) mass is 246 g/mol.